The molecule has 0 heterocycles. The van der Waals surface area contributed by atoms with E-state index in [0.29, 0.717) is 0 Å². The Morgan fingerprint density at radius 3 is 1.25 bits per heavy atom. The Morgan fingerprint density at radius 1 is 1.25 bits per heavy atom. The molecular formula is H5AlOSrTa. The van der Waals surface area contributed by atoms with E-state index in [1.165, 1.54) is 0 Å². The van der Waals surface area contributed by atoms with Gasteiger partial charge in [0.25, 0.3) is 0 Å². The van der Waals surface area contributed by atoms with Crippen molar-refractivity contribution in [1.29, 1.82) is 0 Å². The van der Waals surface area contributed by atoms with Crippen molar-refractivity contribution in [1.82, 2.24) is 0 Å². The van der Waals surface area contributed by atoms with Crippen LogP contribution in [0.3, 0.4) is 0 Å². The van der Waals surface area contributed by atoms with Gasteiger partial charge in [0.05, 0.1) is 0 Å². The van der Waals surface area contributed by atoms with Crippen LogP contribution in [0.1, 0.15) is 0 Å². The van der Waals surface area contributed by atoms with Crippen molar-refractivity contribution in [3.8, 4) is 0 Å². The molecule has 0 saturated heterocycles. The van der Waals surface area contributed by atoms with E-state index < -0.39 is 0 Å². The first-order valence-electron chi connectivity index (χ1n) is 0.183. The fourth-order valence-electron chi connectivity index (χ4n) is 0. The summed E-state index contributed by atoms with van der Waals surface area (Å²) in [6, 6.07) is 0. The summed E-state index contributed by atoms with van der Waals surface area (Å²) in [7, 11) is 0. The van der Waals surface area contributed by atoms with Gasteiger partial charge in [-0.05, 0) is 0 Å². The van der Waals surface area contributed by atoms with E-state index in [-0.39, 0.29) is 83.9 Å². The van der Waals surface area contributed by atoms with Crippen molar-refractivity contribution >= 4 is 62.8 Å². The summed E-state index contributed by atoms with van der Waals surface area (Å²) in [5.41, 5.74) is 0. The second-order valence-electron chi connectivity index (χ2n) is 0. The van der Waals surface area contributed by atoms with E-state index in [1.54, 1.807) is 0 Å². The molecule has 4 heteroatoms. The molecule has 0 aliphatic heterocycles. The molecule has 0 aromatic carbocycles. The monoisotopic (exact) mass is 317 g/mol. The zero-order valence-electron chi connectivity index (χ0n) is 0.855. The summed E-state index contributed by atoms with van der Waals surface area (Å²) < 4.78 is 8.36. The van der Waals surface area contributed by atoms with Gasteiger partial charge in [-0.25, -0.2) is 0 Å². The summed E-state index contributed by atoms with van der Waals surface area (Å²) in [5.74, 6) is 0. The van der Waals surface area contributed by atoms with E-state index in [0.717, 1.165) is 0 Å². The van der Waals surface area contributed by atoms with E-state index >= 15 is 0 Å². The van der Waals surface area contributed by atoms with Crippen LogP contribution in [0.15, 0.2) is 0 Å². The third-order valence-corrected chi connectivity index (χ3v) is 0. The quantitative estimate of drug-likeness (QED) is 0.463. The van der Waals surface area contributed by atoms with Gasteiger partial charge in [0.15, 0.2) is 17.4 Å². The van der Waals surface area contributed by atoms with Crippen LogP contribution in [0.2, 0.25) is 0 Å². The molecule has 21 valence electrons. The molecular weight excluding hydrogens is 312 g/mol. The fraction of sp³-hybridized carbons (Fsp3) is 0. The van der Waals surface area contributed by atoms with Crippen molar-refractivity contribution in [2.24, 2.45) is 0 Å². The molecule has 0 radical (unpaired) electrons. The van der Waals surface area contributed by atoms with Gasteiger partial charge in [-0.15, -0.1) is 0 Å². The Morgan fingerprint density at radius 2 is 1.25 bits per heavy atom. The average Bonchev–Trinajstić information content (AvgIpc) is 1.00. The van der Waals surface area contributed by atoms with Gasteiger partial charge in [-0.1, -0.05) is 0 Å². The van der Waals surface area contributed by atoms with E-state index in [4.69, 9.17) is 3.25 Å². The first kappa shape index (κ1) is 16.0. The minimum atomic E-state index is 0. The van der Waals surface area contributed by atoms with Crippen molar-refractivity contribution < 1.29 is 24.3 Å². The van der Waals surface area contributed by atoms with Crippen molar-refractivity contribution in [3.05, 3.63) is 0 Å². The minimum absolute atomic E-state index is 0. The molecule has 0 fully saturated rings. The van der Waals surface area contributed by atoms with Gasteiger partial charge in [-0.3, -0.25) is 0 Å². The van der Waals surface area contributed by atoms with Gasteiger partial charge >= 0.3 is 69.8 Å². The molecule has 0 rings (SSSR count). The third kappa shape index (κ3) is 8.82. The zero-order chi connectivity index (χ0) is 2.00. The predicted octanol–water partition coefficient (Wildman–Crippen LogP) is -2.22. The van der Waals surface area contributed by atoms with Crippen molar-refractivity contribution in [3.63, 3.8) is 0 Å². The Kier molecular flexibility index (Phi) is 70.7. The number of hydrogen-bond acceptors (Lipinski definition) is 1. The summed E-state index contributed by atoms with van der Waals surface area (Å²) in [6.45, 7) is 0. The first-order chi connectivity index (χ1) is 1.00. The molecule has 0 atom stereocenters. The Labute approximate surface area is 85.2 Å². The summed E-state index contributed by atoms with van der Waals surface area (Å²) in [4.78, 5) is 0. The number of hydrogen-bond donors (Lipinski definition) is 0. The predicted molar refractivity (Wildman–Crippen MR) is 19.2 cm³/mol. The standard InChI is InChI=1S/Al.O.Sr.Ta.5H. The second kappa shape index (κ2) is 17.7. The summed E-state index contributed by atoms with van der Waals surface area (Å²) in [5, 5.41) is 0. The molecule has 0 N–H and O–H groups in total. The summed E-state index contributed by atoms with van der Waals surface area (Å²) >= 11 is 0.194. The van der Waals surface area contributed by atoms with E-state index in [9.17, 15) is 0 Å². The van der Waals surface area contributed by atoms with E-state index in [1.807, 2.05) is 0 Å². The Bertz CT molecular complexity index is 8.00. The molecule has 0 aliphatic rings. The SMILES string of the molecule is [AlH3].[O]=[Ta].[SrH2]. The van der Waals surface area contributed by atoms with Crippen LogP contribution in [0.25, 0.3) is 0 Å². The van der Waals surface area contributed by atoms with Gasteiger partial charge in [0.2, 0.25) is 0 Å². The maximum atomic E-state index is 8.36. The molecule has 0 amide bonds. The van der Waals surface area contributed by atoms with Crippen LogP contribution >= 0.6 is 0 Å². The van der Waals surface area contributed by atoms with Crippen LogP contribution in [-0.2, 0) is 24.3 Å². The molecule has 0 aromatic heterocycles. The average molecular weight is 317 g/mol. The topological polar surface area (TPSA) is 17.1 Å². The first-order valence-corrected chi connectivity index (χ1v) is 1.49. The molecule has 0 saturated carbocycles. The van der Waals surface area contributed by atoms with Crippen LogP contribution in [0.5, 0.6) is 0 Å². The maximum absolute atomic E-state index is 8.36. The molecule has 0 unspecified atom stereocenters. The zero-order valence-corrected chi connectivity index (χ0v) is 4.07. The summed E-state index contributed by atoms with van der Waals surface area (Å²) in [6.07, 6.45) is 0. The molecule has 4 heavy (non-hydrogen) atoms. The van der Waals surface area contributed by atoms with Crippen LogP contribution in [-0.4, -0.2) is 62.8 Å². The van der Waals surface area contributed by atoms with Crippen LogP contribution < -0.4 is 0 Å². The van der Waals surface area contributed by atoms with Crippen LogP contribution in [0.4, 0.5) is 0 Å². The van der Waals surface area contributed by atoms with Crippen molar-refractivity contribution in [2.75, 3.05) is 0 Å². The van der Waals surface area contributed by atoms with Gasteiger partial charge < -0.3 is 0 Å². The Hall–Kier alpha value is 2.55. The molecule has 0 bridgehead atoms. The van der Waals surface area contributed by atoms with Gasteiger partial charge in [0, 0.05) is 0 Å². The van der Waals surface area contributed by atoms with Gasteiger partial charge in [0.1, 0.15) is 0 Å². The third-order valence-electron chi connectivity index (χ3n) is 0. The second-order valence-corrected chi connectivity index (χ2v) is 0. The van der Waals surface area contributed by atoms with Crippen LogP contribution in [0, 0.1) is 0 Å². The Balaban J connectivity index is -0.00000000500. The molecule has 0 aliphatic carbocycles. The normalized spacial score (nSPS) is 0.750. The van der Waals surface area contributed by atoms with Gasteiger partial charge in [-0.2, -0.15) is 0 Å². The fourth-order valence-corrected chi connectivity index (χ4v) is 0. The molecule has 0 aromatic rings. The van der Waals surface area contributed by atoms with E-state index in [2.05, 4.69) is 0 Å². The molecule has 0 spiro atoms. The molecule has 1 nitrogen and oxygen atoms in total. The number of rotatable bonds is 0. The van der Waals surface area contributed by atoms with Crippen molar-refractivity contribution in [2.45, 2.75) is 0 Å².